The second-order valence-electron chi connectivity index (χ2n) is 7.08. The summed E-state index contributed by atoms with van der Waals surface area (Å²) in [6, 6.07) is 28.0. The van der Waals surface area contributed by atoms with Crippen LogP contribution in [0.25, 0.3) is 27.7 Å². The van der Waals surface area contributed by atoms with Crippen molar-refractivity contribution in [3.05, 3.63) is 102 Å². The molecule has 1 N–H and O–H groups in total. The minimum absolute atomic E-state index is 0.140. The molecule has 0 aliphatic carbocycles. The molecule has 5 rings (SSSR count). The number of fused-ring (bicyclic) bond motifs is 1. The third-order valence-corrected chi connectivity index (χ3v) is 5.09. The molecule has 6 heteroatoms. The number of aromatic carboxylic acids is 1. The molecule has 2 aromatic heterocycles. The average molecular weight is 410 g/mol. The van der Waals surface area contributed by atoms with Crippen LogP contribution in [-0.4, -0.2) is 20.8 Å². The van der Waals surface area contributed by atoms with Gasteiger partial charge in [0, 0.05) is 17.3 Å². The molecule has 0 bridgehead atoms. The zero-order valence-corrected chi connectivity index (χ0v) is 16.4. The fourth-order valence-corrected chi connectivity index (χ4v) is 3.64. The van der Waals surface area contributed by atoms with Gasteiger partial charge in [0.1, 0.15) is 6.61 Å². The Bertz CT molecular complexity index is 1370. The molecule has 0 unspecified atom stereocenters. The lowest BCUT2D eigenvalue weighted by molar-refractivity contribution is 0.0651. The Morgan fingerprint density at radius 1 is 0.968 bits per heavy atom. The summed E-state index contributed by atoms with van der Waals surface area (Å²) in [4.78, 5) is 10.9. The van der Waals surface area contributed by atoms with Gasteiger partial charge in [0.25, 0.3) is 5.88 Å². The van der Waals surface area contributed by atoms with Crippen LogP contribution in [0.2, 0.25) is 0 Å². The molecule has 0 fully saturated rings. The summed E-state index contributed by atoms with van der Waals surface area (Å²) in [5.41, 5.74) is 5.42. The number of rotatable bonds is 6. The number of carbonyl (C=O) groups is 1. The molecule has 0 saturated heterocycles. The van der Waals surface area contributed by atoms with E-state index in [0.29, 0.717) is 0 Å². The maximum Gasteiger partial charge on any atom is 0.374 e. The van der Waals surface area contributed by atoms with Gasteiger partial charge in [-0.1, -0.05) is 54.6 Å². The predicted molar refractivity (Wildman–Crippen MR) is 117 cm³/mol. The van der Waals surface area contributed by atoms with Crippen molar-refractivity contribution in [2.75, 3.05) is 0 Å². The summed E-state index contributed by atoms with van der Waals surface area (Å²) in [6.45, 7) is 0.244. The molecule has 6 nitrogen and oxygen atoms in total. The van der Waals surface area contributed by atoms with Crippen LogP contribution in [0.15, 0.2) is 95.6 Å². The van der Waals surface area contributed by atoms with E-state index < -0.39 is 5.97 Å². The van der Waals surface area contributed by atoms with E-state index in [-0.39, 0.29) is 18.2 Å². The first-order valence-electron chi connectivity index (χ1n) is 9.77. The maximum absolute atomic E-state index is 10.9. The Morgan fingerprint density at radius 3 is 2.61 bits per heavy atom. The molecule has 0 saturated carbocycles. The standard InChI is InChI=1S/C25H18N2O4/c28-25(29)23-15-24(26-31-23)30-16-17-6-4-9-19(14-17)27-13-12-21-20(10-5-11-22(21)27)18-7-2-1-3-8-18/h1-15H,16H2,(H,28,29). The summed E-state index contributed by atoms with van der Waals surface area (Å²) >= 11 is 0. The first kappa shape index (κ1) is 18.7. The van der Waals surface area contributed by atoms with Crippen LogP contribution in [0.5, 0.6) is 5.88 Å². The van der Waals surface area contributed by atoms with Gasteiger partial charge in [-0.15, -0.1) is 0 Å². The van der Waals surface area contributed by atoms with Gasteiger partial charge >= 0.3 is 5.97 Å². The molecule has 0 atom stereocenters. The minimum Gasteiger partial charge on any atom is -0.475 e. The lowest BCUT2D eigenvalue weighted by atomic mass is 10.0. The number of benzene rings is 3. The molecule has 0 radical (unpaired) electrons. The summed E-state index contributed by atoms with van der Waals surface area (Å²) < 4.78 is 12.4. The topological polar surface area (TPSA) is 77.5 Å². The maximum atomic E-state index is 10.9. The van der Waals surface area contributed by atoms with Crippen molar-refractivity contribution in [3.8, 4) is 22.7 Å². The van der Waals surface area contributed by atoms with Crippen LogP contribution in [-0.2, 0) is 6.61 Å². The van der Waals surface area contributed by atoms with Crippen LogP contribution in [0.4, 0.5) is 0 Å². The summed E-state index contributed by atoms with van der Waals surface area (Å²) in [7, 11) is 0. The third-order valence-electron chi connectivity index (χ3n) is 5.09. The number of hydrogen-bond donors (Lipinski definition) is 1. The second kappa shape index (κ2) is 7.84. The van der Waals surface area contributed by atoms with Crippen molar-refractivity contribution in [2.24, 2.45) is 0 Å². The quantitative estimate of drug-likeness (QED) is 0.396. The van der Waals surface area contributed by atoms with E-state index in [1.807, 2.05) is 42.5 Å². The summed E-state index contributed by atoms with van der Waals surface area (Å²) in [5, 5.41) is 13.7. The minimum atomic E-state index is -1.18. The lowest BCUT2D eigenvalue weighted by Gasteiger charge is -2.10. The van der Waals surface area contributed by atoms with Crippen LogP contribution < -0.4 is 4.74 Å². The smallest absolute Gasteiger partial charge is 0.374 e. The van der Waals surface area contributed by atoms with Gasteiger partial charge in [0.15, 0.2) is 0 Å². The molecule has 0 amide bonds. The van der Waals surface area contributed by atoms with E-state index in [1.54, 1.807) is 0 Å². The van der Waals surface area contributed by atoms with Gasteiger partial charge in [-0.3, -0.25) is 0 Å². The van der Waals surface area contributed by atoms with Gasteiger partial charge in [-0.2, -0.15) is 0 Å². The first-order chi connectivity index (χ1) is 15.2. The number of aromatic nitrogens is 2. The van der Waals surface area contributed by atoms with Gasteiger partial charge in [-0.25, -0.2) is 4.79 Å². The van der Waals surface area contributed by atoms with Crippen molar-refractivity contribution in [1.82, 2.24) is 9.72 Å². The Labute approximate surface area is 177 Å². The summed E-state index contributed by atoms with van der Waals surface area (Å²) in [6.07, 6.45) is 2.06. The lowest BCUT2D eigenvalue weighted by Crippen LogP contribution is -1.98. The zero-order valence-electron chi connectivity index (χ0n) is 16.4. The van der Waals surface area contributed by atoms with Crippen LogP contribution >= 0.6 is 0 Å². The number of hydrogen-bond acceptors (Lipinski definition) is 4. The average Bonchev–Trinajstić information content (AvgIpc) is 3.46. The van der Waals surface area contributed by atoms with E-state index in [2.05, 4.69) is 52.3 Å². The number of carboxylic acid groups (broad SMARTS) is 1. The van der Waals surface area contributed by atoms with E-state index in [4.69, 9.17) is 14.4 Å². The van der Waals surface area contributed by atoms with Crippen molar-refractivity contribution in [3.63, 3.8) is 0 Å². The molecule has 152 valence electrons. The van der Waals surface area contributed by atoms with Crippen LogP contribution in [0, 0.1) is 0 Å². The molecular formula is C25H18N2O4. The van der Waals surface area contributed by atoms with Crippen molar-refractivity contribution < 1.29 is 19.2 Å². The monoisotopic (exact) mass is 410 g/mol. The molecule has 5 aromatic rings. The van der Waals surface area contributed by atoms with Crippen molar-refractivity contribution in [2.45, 2.75) is 6.61 Å². The zero-order chi connectivity index (χ0) is 21.2. The largest absolute Gasteiger partial charge is 0.475 e. The SMILES string of the molecule is O=C(O)c1cc(OCc2cccc(-n3ccc4c(-c5ccccc5)cccc43)c2)no1. The predicted octanol–water partition coefficient (Wildman–Crippen LogP) is 5.56. The van der Waals surface area contributed by atoms with Gasteiger partial charge in [-0.05, 0) is 46.1 Å². The highest BCUT2D eigenvalue weighted by molar-refractivity contribution is 5.96. The highest BCUT2D eigenvalue weighted by Gasteiger charge is 2.12. The Balaban J connectivity index is 1.43. The molecule has 0 aliphatic rings. The highest BCUT2D eigenvalue weighted by Crippen LogP contribution is 2.31. The molecule has 0 aliphatic heterocycles. The molecule has 0 spiro atoms. The number of ether oxygens (including phenoxy) is 1. The number of nitrogens with zero attached hydrogens (tertiary/aromatic N) is 2. The van der Waals surface area contributed by atoms with Gasteiger partial charge in [0.2, 0.25) is 5.76 Å². The highest BCUT2D eigenvalue weighted by atomic mass is 16.5. The normalized spacial score (nSPS) is 11.0. The molecule has 31 heavy (non-hydrogen) atoms. The van der Waals surface area contributed by atoms with E-state index in [0.717, 1.165) is 16.8 Å². The van der Waals surface area contributed by atoms with E-state index in [9.17, 15) is 4.79 Å². The van der Waals surface area contributed by atoms with Crippen molar-refractivity contribution >= 4 is 16.9 Å². The van der Waals surface area contributed by atoms with Crippen LogP contribution in [0.3, 0.4) is 0 Å². The molecule has 2 heterocycles. The molecule has 3 aromatic carbocycles. The number of carboxylic acids is 1. The van der Waals surface area contributed by atoms with Crippen LogP contribution in [0.1, 0.15) is 16.1 Å². The fraction of sp³-hybridized carbons (Fsp3) is 0.0400. The first-order valence-corrected chi connectivity index (χ1v) is 9.77. The Hall–Kier alpha value is -4.32. The van der Waals surface area contributed by atoms with Gasteiger partial charge in [0.05, 0.1) is 11.6 Å². The van der Waals surface area contributed by atoms with Crippen molar-refractivity contribution in [1.29, 1.82) is 0 Å². The van der Waals surface area contributed by atoms with Gasteiger partial charge < -0.3 is 18.9 Å². The van der Waals surface area contributed by atoms with E-state index in [1.165, 1.54) is 22.6 Å². The van der Waals surface area contributed by atoms with E-state index >= 15 is 0 Å². The molecular weight excluding hydrogens is 392 g/mol. The Morgan fingerprint density at radius 2 is 1.81 bits per heavy atom. The Kier molecular flexibility index (Phi) is 4.72. The third kappa shape index (κ3) is 3.67. The summed E-state index contributed by atoms with van der Waals surface area (Å²) in [5.74, 6) is -1.29. The second-order valence-corrected chi connectivity index (χ2v) is 7.08. The fourth-order valence-electron chi connectivity index (χ4n) is 3.64.